The van der Waals surface area contributed by atoms with E-state index < -0.39 is 378 Å². The molecule has 0 unspecified atom stereocenters. The zero-order chi connectivity index (χ0) is 112. The maximum Gasteiger partial charge on any atom is 0.326 e. The first-order chi connectivity index (χ1) is 68.8. The molecule has 0 aliphatic carbocycles. The molecule has 0 aromatic heterocycles. The van der Waals surface area contributed by atoms with Gasteiger partial charge in [0.2, 0.25) is 136 Å². The highest BCUT2D eigenvalue weighted by Crippen LogP contribution is 2.17. The van der Waals surface area contributed by atoms with Gasteiger partial charge in [-0.2, -0.15) is 0 Å². The van der Waals surface area contributed by atoms with Crippen LogP contribution in [0.4, 0.5) is 0 Å². The number of primary amides is 3. The van der Waals surface area contributed by atoms with Crippen LogP contribution >= 0.6 is 0 Å². The molecule has 2 aromatic carbocycles. The van der Waals surface area contributed by atoms with Gasteiger partial charge in [-0.3, -0.25) is 115 Å². The van der Waals surface area contributed by atoms with Crippen molar-refractivity contribution >= 4 is 148 Å². The summed E-state index contributed by atoms with van der Waals surface area (Å²) in [5.41, 5.74) is 22.5. The minimum absolute atomic E-state index is 0.164. The Kier molecular flexibility index (Phi) is 56.7. The van der Waals surface area contributed by atoms with Gasteiger partial charge in [-0.05, 0) is 105 Å². The molecule has 56 nitrogen and oxygen atoms in total. The predicted molar refractivity (Wildman–Crippen MR) is 516 cm³/mol. The lowest BCUT2D eigenvalue weighted by molar-refractivity contribution is -0.143. The third kappa shape index (κ3) is 49.8. The van der Waals surface area contributed by atoms with Crippen LogP contribution in [0, 0.1) is 29.6 Å². The molecular weight excluding hydrogens is 1940 g/mol. The van der Waals surface area contributed by atoms with Gasteiger partial charge in [0, 0.05) is 32.1 Å². The quantitative estimate of drug-likeness (QED) is 0.0292. The van der Waals surface area contributed by atoms with E-state index in [4.69, 9.17) is 22.9 Å². The molecule has 23 amide bonds. The summed E-state index contributed by atoms with van der Waals surface area (Å²) in [6, 6.07) is -13.3. The Labute approximate surface area is 845 Å². The predicted octanol–water partition coefficient (Wildman–Crippen LogP) is -12.5. The third-order valence-electron chi connectivity index (χ3n) is 21.6. The highest BCUT2D eigenvalue weighted by atomic mass is 16.4. The minimum Gasteiger partial charge on any atom is -0.508 e. The maximum atomic E-state index is 14.6. The van der Waals surface area contributed by atoms with Crippen LogP contribution in [0.5, 0.6) is 5.75 Å². The molecule has 0 saturated carbocycles. The number of rotatable bonds is 68. The summed E-state index contributed by atoms with van der Waals surface area (Å²) in [4.78, 5) is 332. The molecule has 2 aromatic rings. The lowest BCUT2D eigenvalue weighted by atomic mass is 9.99. The molecule has 0 saturated heterocycles. The number of nitrogens with one attached hydrogen (secondary N) is 20. The fraction of sp³-hybridized carbons (Fsp3) is 0.593. The van der Waals surface area contributed by atoms with Gasteiger partial charge in [0.1, 0.15) is 96.4 Å². The van der Waals surface area contributed by atoms with E-state index in [1.807, 2.05) is 0 Å². The van der Waals surface area contributed by atoms with E-state index in [1.165, 1.54) is 45.0 Å². The van der Waals surface area contributed by atoms with Gasteiger partial charge in [-0.25, -0.2) is 4.79 Å². The molecule has 17 atom stereocenters. The first-order valence-electron chi connectivity index (χ1n) is 47.1. The molecule has 56 heteroatoms. The van der Waals surface area contributed by atoms with E-state index >= 15 is 0 Å². The number of aliphatic hydroxyl groups excluding tert-OH is 4. The van der Waals surface area contributed by atoms with E-state index in [9.17, 15) is 156 Å². The number of carbonyl (C=O) groups is 25. The second-order valence-electron chi connectivity index (χ2n) is 36.5. The Morgan fingerprint density at radius 3 is 0.986 bits per heavy atom. The number of aliphatic carboxylic acids is 2. The number of benzene rings is 2. The van der Waals surface area contributed by atoms with E-state index in [0.717, 1.165) is 6.92 Å². The van der Waals surface area contributed by atoms with Crippen molar-refractivity contribution in [3.05, 3.63) is 65.7 Å². The molecule has 35 N–H and O–H groups in total. The molecule has 818 valence electrons. The Morgan fingerprint density at radius 1 is 0.293 bits per heavy atom. The van der Waals surface area contributed by atoms with Crippen molar-refractivity contribution in [3.8, 4) is 5.75 Å². The van der Waals surface area contributed by atoms with Gasteiger partial charge in [-0.1, -0.05) is 112 Å². The largest absolute Gasteiger partial charge is 0.508 e. The van der Waals surface area contributed by atoms with Crippen LogP contribution in [0.2, 0.25) is 0 Å². The third-order valence-corrected chi connectivity index (χ3v) is 21.6. The van der Waals surface area contributed by atoms with Gasteiger partial charge >= 0.3 is 11.9 Å². The number of phenols is 1. The number of phenolic OH excluding ortho intramolecular Hbond substituents is 1. The molecular formula is C91H142N24O32. The number of carboxylic acid groups (broad SMARTS) is 2. The molecule has 0 heterocycles. The fourth-order valence-corrected chi connectivity index (χ4v) is 13.5. The highest BCUT2D eigenvalue weighted by molar-refractivity contribution is 6.02. The van der Waals surface area contributed by atoms with E-state index in [-0.39, 0.29) is 42.9 Å². The van der Waals surface area contributed by atoms with Crippen LogP contribution in [-0.2, 0) is 133 Å². The van der Waals surface area contributed by atoms with Gasteiger partial charge < -0.3 is 165 Å². The zero-order valence-corrected chi connectivity index (χ0v) is 83.7. The second kappa shape index (κ2) is 65.2. The zero-order valence-electron chi connectivity index (χ0n) is 83.7. The van der Waals surface area contributed by atoms with Crippen molar-refractivity contribution in [3.63, 3.8) is 0 Å². The summed E-state index contributed by atoms with van der Waals surface area (Å²) >= 11 is 0. The number of aromatic hydroxyl groups is 1. The van der Waals surface area contributed by atoms with Crippen LogP contribution < -0.4 is 129 Å². The monoisotopic (exact) mass is 2080 g/mol. The van der Waals surface area contributed by atoms with Crippen molar-refractivity contribution in [2.24, 2.45) is 52.5 Å². The number of carboxylic acids is 2. The Bertz CT molecular complexity index is 4890. The summed E-state index contributed by atoms with van der Waals surface area (Å²) in [6.45, 7) is 10.3. The van der Waals surface area contributed by atoms with Crippen LogP contribution in [0.3, 0.4) is 0 Å². The second-order valence-corrected chi connectivity index (χ2v) is 36.5. The molecule has 0 aliphatic rings. The summed E-state index contributed by atoms with van der Waals surface area (Å²) in [6.07, 6.45) is -7.39. The van der Waals surface area contributed by atoms with E-state index in [1.54, 1.807) is 85.7 Å². The highest BCUT2D eigenvalue weighted by Gasteiger charge is 2.40. The van der Waals surface area contributed by atoms with E-state index in [2.05, 4.69) is 106 Å². The lowest BCUT2D eigenvalue weighted by Crippen LogP contribution is -2.61. The summed E-state index contributed by atoms with van der Waals surface area (Å²) in [7, 11) is 0. The number of hydrogen-bond donors (Lipinski definition) is 31. The topological polar surface area (TPSA) is 913 Å². The van der Waals surface area contributed by atoms with Crippen LogP contribution in [0.1, 0.15) is 158 Å². The smallest absolute Gasteiger partial charge is 0.326 e. The molecule has 0 bridgehead atoms. The molecule has 147 heavy (non-hydrogen) atoms. The Balaban J connectivity index is 2.34. The summed E-state index contributed by atoms with van der Waals surface area (Å²) in [5, 5.41) is 117. The van der Waals surface area contributed by atoms with Crippen molar-refractivity contribution in [2.45, 2.75) is 263 Å². The molecule has 2 rings (SSSR count). The van der Waals surface area contributed by atoms with Crippen LogP contribution in [0.25, 0.3) is 0 Å². The average molecular weight is 2080 g/mol. The van der Waals surface area contributed by atoms with Crippen LogP contribution in [0.15, 0.2) is 54.6 Å². The number of aliphatic hydroxyl groups is 4. The van der Waals surface area contributed by atoms with Crippen molar-refractivity contribution in [1.82, 2.24) is 106 Å². The Hall–Kier alpha value is -15.2. The normalized spacial score (nSPS) is 14.6. The van der Waals surface area contributed by atoms with Crippen LogP contribution in [-0.4, -0.2) is 339 Å². The number of carbonyl (C=O) groups excluding carboxylic acids is 23. The molecule has 0 aliphatic heterocycles. The van der Waals surface area contributed by atoms with Gasteiger partial charge in [-0.15, -0.1) is 0 Å². The van der Waals surface area contributed by atoms with E-state index in [0.29, 0.717) is 5.56 Å². The molecule has 0 spiro atoms. The first-order valence-corrected chi connectivity index (χ1v) is 47.1. The summed E-state index contributed by atoms with van der Waals surface area (Å²) in [5.74, 6) is -30.3. The number of nitrogens with two attached hydrogens (primary N) is 4. The standard InChI is InChI=1S/C91H142N24O32/c1-42(2)28-55(81(136)112-62(40-117)87(142)107-54(24-27-72(129)130)80(135)108-57(30-44(5)6)83(138)109-56(29-43(3)4)82(137)105-52(22-25-64(92)121)77(132)98-35-68(125)96-34-67(124)97-36-69(126)104-60(33-66(94)123)86(141)114-74(46(9)10)91(146)147)102-70(127)38-100-79(134)61(39-116)111-85(140)59(32-50-18-20-51(120)21-19-50)110-84(139)58(31-49-16-14-13-15-17-49)103-71(128)37-99-78(133)53(23-26-65(93)122)106-88(143)63(41-118)113-90(145)75(48(12)119)115-76(131)47(11)101-89(144)73(95)45(7)8/h13-21,42-48,52-63,73-75,116-120H,22-41,95H2,1-12H3,(H2,92,121)(H2,93,122)(H2,94,123)(H,96,125)(H,97,124)(H,98,132)(H,99,133)(H,100,134)(H,101,144)(H,102,127)(H,103,128)(H,104,126)(H,105,137)(H,106,143)(H,107,142)(H,108,135)(H,109,138)(H,110,139)(H,111,140)(H,112,136)(H,113,145)(H,114,141)(H,115,131)(H,129,130)(H,146,147)/t47-,48+,52-,53-,54-,55-,56-,57-,58-,59-,60-,61-,62-,63-,73-,74-,75-/m0/s1. The Morgan fingerprint density at radius 2 is 0.599 bits per heavy atom. The molecule has 0 radical (unpaired) electrons. The van der Waals surface area contributed by atoms with Gasteiger partial charge in [0.05, 0.1) is 71.1 Å². The average Bonchev–Trinajstić information content (AvgIpc) is 0.853. The van der Waals surface area contributed by atoms with Crippen molar-refractivity contribution < 1.29 is 156 Å². The van der Waals surface area contributed by atoms with Crippen molar-refractivity contribution in [2.75, 3.05) is 52.5 Å². The van der Waals surface area contributed by atoms with Gasteiger partial charge in [0.15, 0.2) is 0 Å². The first kappa shape index (κ1) is 128. The number of hydrogen-bond acceptors (Lipinski definition) is 31. The minimum atomic E-state index is -1.99. The molecule has 0 fully saturated rings. The number of amides is 23. The summed E-state index contributed by atoms with van der Waals surface area (Å²) < 4.78 is 0. The fourth-order valence-electron chi connectivity index (χ4n) is 13.5. The van der Waals surface area contributed by atoms with Gasteiger partial charge in [0.25, 0.3) is 0 Å². The maximum absolute atomic E-state index is 14.6. The van der Waals surface area contributed by atoms with Crippen molar-refractivity contribution in [1.29, 1.82) is 0 Å². The SMILES string of the molecule is CC(C)C[C@H](NC(=O)CNC(=O)[C@H](CO)NC(=O)[C@H](Cc1ccc(O)cc1)NC(=O)[C@H](Cc1ccccc1)NC(=O)CNC(=O)[C@H](CCC(N)=O)NC(=O)[C@H](CO)NC(=O)[C@@H](NC(=O)[C@H](C)NC(=O)[C@@H](N)C(C)C)[C@@H](C)O)C(=O)N[C@@H](CO)C(=O)N[C@@H](CCC(=O)O)C(=O)N[C@@H](CC(C)C)C(=O)N[C@@H](CC(C)C)C(=O)N[C@@H](CCC(N)=O)C(=O)NCC(=O)NCC(=O)NCC(=O)N[C@@H](CC(N)=O)C(=O)N[C@H](C(=O)O)C(C)C. The lowest BCUT2D eigenvalue weighted by Gasteiger charge is -2.28.